The number of hydrogen-bond acceptors (Lipinski definition) is 8. The first kappa shape index (κ1) is 21.8. The number of benzene rings is 1. The molecule has 4 aromatic rings. The fourth-order valence-electron chi connectivity index (χ4n) is 4.09. The standard InChI is InChI=1S/C24H23FN6O3/c1-14-13-31(9-10-34-14)19-4-3-16(12-17(19)25)29-22-20-15(5-6-27-23(20)32)11-18(30-22)21-24(33-2)28-8-7-26-21/h3-8,11-12,14H,9-10,13H2,1-2H3,(H,27,32)(H,29,30)/t14-/m1/s1. The van der Waals surface area contributed by atoms with Crippen LogP contribution >= 0.6 is 0 Å². The van der Waals surface area contributed by atoms with E-state index >= 15 is 4.39 Å². The van der Waals surface area contributed by atoms with E-state index in [1.807, 2.05) is 11.8 Å². The Morgan fingerprint density at radius 3 is 2.88 bits per heavy atom. The number of aromatic amines is 1. The molecule has 1 fully saturated rings. The number of fused-ring (bicyclic) bond motifs is 1. The molecule has 4 heterocycles. The minimum atomic E-state index is -0.371. The van der Waals surface area contributed by atoms with Crippen LogP contribution in [0.2, 0.25) is 0 Å². The maximum atomic E-state index is 15.1. The van der Waals surface area contributed by atoms with Gasteiger partial charge in [-0.1, -0.05) is 0 Å². The van der Waals surface area contributed by atoms with Gasteiger partial charge in [-0.3, -0.25) is 4.79 Å². The van der Waals surface area contributed by atoms with Gasteiger partial charge in [0.15, 0.2) is 5.69 Å². The molecule has 1 saturated heterocycles. The van der Waals surface area contributed by atoms with E-state index in [1.54, 1.807) is 30.5 Å². The molecular weight excluding hydrogens is 439 g/mol. The zero-order chi connectivity index (χ0) is 23.7. The van der Waals surface area contributed by atoms with Gasteiger partial charge in [-0.25, -0.2) is 19.3 Å². The van der Waals surface area contributed by atoms with Crippen molar-refractivity contribution in [1.82, 2.24) is 19.9 Å². The van der Waals surface area contributed by atoms with E-state index in [0.29, 0.717) is 59.1 Å². The molecule has 1 aliphatic rings. The Labute approximate surface area is 194 Å². The molecule has 34 heavy (non-hydrogen) atoms. The molecule has 2 N–H and O–H groups in total. The Kier molecular flexibility index (Phi) is 5.81. The Bertz CT molecular complexity index is 1410. The summed E-state index contributed by atoms with van der Waals surface area (Å²) in [6.45, 7) is 3.76. The zero-order valence-corrected chi connectivity index (χ0v) is 18.7. The van der Waals surface area contributed by atoms with Crippen LogP contribution < -0.4 is 20.5 Å². The van der Waals surface area contributed by atoms with Gasteiger partial charge in [-0.2, -0.15) is 0 Å². The summed E-state index contributed by atoms with van der Waals surface area (Å²) in [4.78, 5) is 30.4. The van der Waals surface area contributed by atoms with E-state index in [-0.39, 0.29) is 23.3 Å². The molecule has 1 atom stereocenters. The highest BCUT2D eigenvalue weighted by Gasteiger charge is 2.20. The van der Waals surface area contributed by atoms with Crippen molar-refractivity contribution in [2.45, 2.75) is 13.0 Å². The fraction of sp³-hybridized carbons (Fsp3) is 0.250. The van der Waals surface area contributed by atoms with Crippen molar-refractivity contribution in [2.75, 3.05) is 37.0 Å². The van der Waals surface area contributed by atoms with E-state index in [9.17, 15) is 4.79 Å². The van der Waals surface area contributed by atoms with Gasteiger partial charge in [0, 0.05) is 37.4 Å². The van der Waals surface area contributed by atoms with E-state index in [1.165, 1.54) is 25.6 Å². The lowest BCUT2D eigenvalue weighted by Gasteiger charge is -2.33. The van der Waals surface area contributed by atoms with Crippen LogP contribution in [0.5, 0.6) is 5.88 Å². The Hall–Kier alpha value is -4.05. The first-order valence-corrected chi connectivity index (χ1v) is 10.8. The van der Waals surface area contributed by atoms with Gasteiger partial charge < -0.3 is 24.7 Å². The molecule has 1 aromatic carbocycles. The number of anilines is 3. The lowest BCUT2D eigenvalue weighted by molar-refractivity contribution is 0.0530. The summed E-state index contributed by atoms with van der Waals surface area (Å²) in [5.74, 6) is 0.207. The van der Waals surface area contributed by atoms with E-state index in [2.05, 4.69) is 25.3 Å². The second kappa shape index (κ2) is 9.06. The number of hydrogen-bond donors (Lipinski definition) is 2. The van der Waals surface area contributed by atoms with Crippen molar-refractivity contribution in [3.63, 3.8) is 0 Å². The number of nitrogens with one attached hydrogen (secondary N) is 2. The summed E-state index contributed by atoms with van der Waals surface area (Å²) < 4.78 is 25.9. The average Bonchev–Trinajstić information content (AvgIpc) is 2.84. The molecule has 10 heteroatoms. The van der Waals surface area contributed by atoms with Gasteiger partial charge in [0.05, 0.1) is 36.6 Å². The van der Waals surface area contributed by atoms with Crippen molar-refractivity contribution >= 4 is 28.0 Å². The molecule has 9 nitrogen and oxygen atoms in total. The maximum Gasteiger partial charge on any atom is 0.259 e. The van der Waals surface area contributed by atoms with Crippen molar-refractivity contribution in [3.05, 3.63) is 65.1 Å². The van der Waals surface area contributed by atoms with Gasteiger partial charge in [-0.15, -0.1) is 0 Å². The average molecular weight is 462 g/mol. The predicted molar refractivity (Wildman–Crippen MR) is 127 cm³/mol. The molecular formula is C24H23FN6O3. The number of H-pyrrole nitrogens is 1. The van der Waals surface area contributed by atoms with Crippen LogP contribution in [0.1, 0.15) is 6.92 Å². The van der Waals surface area contributed by atoms with Crippen LogP contribution in [0, 0.1) is 5.82 Å². The first-order chi connectivity index (χ1) is 16.5. The quantitative estimate of drug-likeness (QED) is 0.464. The number of aromatic nitrogens is 4. The SMILES string of the molecule is COc1nccnc1-c1cc2cc[nH]c(=O)c2c(Nc2ccc(N3CCO[C@H](C)C3)c(F)c2)n1. The predicted octanol–water partition coefficient (Wildman–Crippen LogP) is 3.50. The van der Waals surface area contributed by atoms with Crippen LogP contribution in [0.15, 0.2) is 53.7 Å². The highest BCUT2D eigenvalue weighted by Crippen LogP contribution is 2.31. The molecule has 0 unspecified atom stereocenters. The Morgan fingerprint density at radius 1 is 1.24 bits per heavy atom. The molecule has 5 rings (SSSR count). The molecule has 0 bridgehead atoms. The van der Waals surface area contributed by atoms with E-state index in [0.717, 1.165) is 0 Å². The number of nitrogens with zero attached hydrogens (tertiary/aromatic N) is 4. The second-order valence-electron chi connectivity index (χ2n) is 7.96. The minimum Gasteiger partial charge on any atom is -0.479 e. The third-order valence-electron chi connectivity index (χ3n) is 5.65. The highest BCUT2D eigenvalue weighted by molar-refractivity contribution is 5.95. The molecule has 0 radical (unpaired) electrons. The number of methoxy groups -OCH3 is 1. The van der Waals surface area contributed by atoms with Gasteiger partial charge >= 0.3 is 0 Å². The van der Waals surface area contributed by atoms with Crippen molar-refractivity contribution in [1.29, 1.82) is 0 Å². The van der Waals surface area contributed by atoms with Gasteiger partial charge in [0.25, 0.3) is 5.56 Å². The highest BCUT2D eigenvalue weighted by atomic mass is 19.1. The largest absolute Gasteiger partial charge is 0.479 e. The number of pyridine rings is 2. The Balaban J connectivity index is 1.56. The molecule has 0 saturated carbocycles. The van der Waals surface area contributed by atoms with Crippen molar-refractivity contribution in [3.8, 4) is 17.3 Å². The Morgan fingerprint density at radius 2 is 2.09 bits per heavy atom. The molecule has 0 aliphatic carbocycles. The number of halogens is 1. The summed E-state index contributed by atoms with van der Waals surface area (Å²) in [5.41, 5.74) is 1.55. The van der Waals surface area contributed by atoms with Crippen molar-refractivity contribution < 1.29 is 13.9 Å². The van der Waals surface area contributed by atoms with Crippen molar-refractivity contribution in [2.24, 2.45) is 0 Å². The van der Waals surface area contributed by atoms with Crippen LogP contribution in [-0.4, -0.2) is 52.8 Å². The fourth-order valence-corrected chi connectivity index (χ4v) is 4.09. The van der Waals surface area contributed by atoms with E-state index in [4.69, 9.17) is 9.47 Å². The third kappa shape index (κ3) is 4.15. The van der Waals surface area contributed by atoms with Crippen LogP contribution in [0.25, 0.3) is 22.2 Å². The molecule has 0 spiro atoms. The normalized spacial score (nSPS) is 16.0. The van der Waals surface area contributed by atoms with Gasteiger partial charge in [-0.05, 0) is 42.6 Å². The number of ether oxygens (including phenoxy) is 2. The second-order valence-corrected chi connectivity index (χ2v) is 7.96. The molecule has 3 aromatic heterocycles. The summed E-state index contributed by atoms with van der Waals surface area (Å²) in [7, 11) is 1.50. The topological polar surface area (TPSA) is 105 Å². The molecule has 1 aliphatic heterocycles. The summed E-state index contributed by atoms with van der Waals surface area (Å²) in [6.07, 6.45) is 4.65. The third-order valence-corrected chi connectivity index (χ3v) is 5.65. The monoisotopic (exact) mass is 462 g/mol. The van der Waals surface area contributed by atoms with Crippen LogP contribution in [0.3, 0.4) is 0 Å². The molecule has 174 valence electrons. The summed E-state index contributed by atoms with van der Waals surface area (Å²) >= 11 is 0. The zero-order valence-electron chi connectivity index (χ0n) is 18.7. The van der Waals surface area contributed by atoms with Gasteiger partial charge in [0.1, 0.15) is 11.6 Å². The smallest absolute Gasteiger partial charge is 0.259 e. The lowest BCUT2D eigenvalue weighted by Crippen LogP contribution is -2.41. The van der Waals surface area contributed by atoms with Crippen LogP contribution in [-0.2, 0) is 4.74 Å². The number of rotatable bonds is 5. The number of morpholine rings is 1. The summed E-state index contributed by atoms with van der Waals surface area (Å²) in [5, 5.41) is 4.10. The van der Waals surface area contributed by atoms with Crippen LogP contribution in [0.4, 0.5) is 21.6 Å². The van der Waals surface area contributed by atoms with Gasteiger partial charge in [0.2, 0.25) is 5.88 Å². The minimum absolute atomic E-state index is 0.0362. The summed E-state index contributed by atoms with van der Waals surface area (Å²) in [6, 6.07) is 8.39. The maximum absolute atomic E-state index is 15.1. The molecule has 0 amide bonds. The lowest BCUT2D eigenvalue weighted by atomic mass is 10.1. The first-order valence-electron chi connectivity index (χ1n) is 10.8. The van der Waals surface area contributed by atoms with E-state index < -0.39 is 0 Å².